The number of ether oxygens (including phenoxy) is 1. The molecule has 1 fully saturated rings. The lowest BCUT2D eigenvalue weighted by atomic mass is 10.0. The number of amides is 1. The largest absolute Gasteiger partial charge is 0.434 e. The number of nitrogens with zero attached hydrogens (tertiary/aromatic N) is 3. The van der Waals surface area contributed by atoms with Crippen LogP contribution in [0.4, 0.5) is 0 Å². The topological polar surface area (TPSA) is 103 Å². The van der Waals surface area contributed by atoms with Crippen molar-refractivity contribution in [2.75, 3.05) is 0 Å². The van der Waals surface area contributed by atoms with Crippen molar-refractivity contribution in [3.05, 3.63) is 49.7 Å². The van der Waals surface area contributed by atoms with Gasteiger partial charge in [-0.1, -0.05) is 23.2 Å². The van der Waals surface area contributed by atoms with Gasteiger partial charge in [-0.2, -0.15) is 5.10 Å². The van der Waals surface area contributed by atoms with Crippen molar-refractivity contribution < 1.29 is 14.3 Å². The summed E-state index contributed by atoms with van der Waals surface area (Å²) in [7, 11) is 1.55. The van der Waals surface area contributed by atoms with Gasteiger partial charge >= 0.3 is 0 Å². The first-order valence-corrected chi connectivity index (χ1v) is 9.24. The van der Waals surface area contributed by atoms with Gasteiger partial charge in [0.05, 0.1) is 16.5 Å². The number of benzene rings is 1. The summed E-state index contributed by atoms with van der Waals surface area (Å²) in [5.74, 6) is -0.342. The Morgan fingerprint density at radius 1 is 1.14 bits per heavy atom. The summed E-state index contributed by atoms with van der Waals surface area (Å²) in [5.41, 5.74) is 3.17. The maximum absolute atomic E-state index is 12.2. The third kappa shape index (κ3) is 3.53. The summed E-state index contributed by atoms with van der Waals surface area (Å²) in [6, 6.07) is 4.55. The van der Waals surface area contributed by atoms with E-state index in [2.05, 4.69) is 15.6 Å². The van der Waals surface area contributed by atoms with E-state index in [1.807, 2.05) is 0 Å². The molecule has 1 aromatic carbocycles. The smallest absolute Gasteiger partial charge is 0.270 e. The van der Waals surface area contributed by atoms with Gasteiger partial charge < -0.3 is 4.74 Å². The Balaban J connectivity index is 1.68. The van der Waals surface area contributed by atoms with Gasteiger partial charge in [-0.25, -0.2) is 10.1 Å². The Labute approximate surface area is 169 Å². The van der Waals surface area contributed by atoms with Crippen LogP contribution in [0.3, 0.4) is 0 Å². The van der Waals surface area contributed by atoms with Gasteiger partial charge in [0.1, 0.15) is 5.71 Å². The summed E-state index contributed by atoms with van der Waals surface area (Å²) in [4.78, 5) is 35.4. The highest BCUT2D eigenvalue weighted by atomic mass is 35.5. The van der Waals surface area contributed by atoms with Crippen LogP contribution in [0.1, 0.15) is 36.3 Å². The van der Waals surface area contributed by atoms with E-state index in [1.54, 1.807) is 13.1 Å². The molecule has 4 rings (SSSR count). The molecule has 1 aliphatic carbocycles. The highest BCUT2D eigenvalue weighted by molar-refractivity contribution is 6.50. The maximum atomic E-state index is 12.2. The number of hydrogen-bond acceptors (Lipinski definition) is 6. The lowest BCUT2D eigenvalue weighted by molar-refractivity contribution is -0.126. The minimum absolute atomic E-state index is 0.0613. The van der Waals surface area contributed by atoms with E-state index in [-0.39, 0.29) is 45.3 Å². The normalized spacial score (nSPS) is 16.6. The molecule has 0 bridgehead atoms. The predicted molar refractivity (Wildman–Crippen MR) is 102 cm³/mol. The SMILES string of the molecule is Cn1nc(Oc2c(Cl)cc(C3=NNC(=O)CC3=O)cc2Cl)cc(C2CC2)c1=O. The van der Waals surface area contributed by atoms with Gasteiger partial charge in [0.2, 0.25) is 11.8 Å². The molecule has 8 nitrogen and oxygen atoms in total. The van der Waals surface area contributed by atoms with Crippen LogP contribution >= 0.6 is 23.2 Å². The number of aryl methyl sites for hydroxylation is 1. The summed E-state index contributed by atoms with van der Waals surface area (Å²) in [5, 5.41) is 8.14. The molecule has 1 amide bonds. The second-order valence-corrected chi connectivity index (χ2v) is 7.42. The van der Waals surface area contributed by atoms with Crippen molar-refractivity contribution in [1.82, 2.24) is 15.2 Å². The molecular formula is C18H14Cl2N4O4. The molecule has 2 heterocycles. The minimum atomic E-state index is -0.474. The van der Waals surface area contributed by atoms with Crippen LogP contribution in [0, 0.1) is 0 Å². The third-order valence-corrected chi connectivity index (χ3v) is 5.00. The summed E-state index contributed by atoms with van der Waals surface area (Å²) in [6.07, 6.45) is 1.63. The monoisotopic (exact) mass is 420 g/mol. The standard InChI is InChI=1S/C18H14Cl2N4O4/c1-24-18(27)10(8-2-3-8)6-15(23-24)28-17-11(19)4-9(5-12(17)20)16-13(25)7-14(26)21-22-16/h4-6,8H,2-3,7H2,1H3,(H,21,26). The zero-order chi connectivity index (χ0) is 20.0. The zero-order valence-electron chi connectivity index (χ0n) is 14.7. The van der Waals surface area contributed by atoms with Gasteiger partial charge in [0, 0.05) is 24.2 Å². The van der Waals surface area contributed by atoms with E-state index < -0.39 is 11.7 Å². The van der Waals surface area contributed by atoms with Crippen molar-refractivity contribution in [3.63, 3.8) is 0 Å². The molecule has 1 aromatic heterocycles. The third-order valence-electron chi connectivity index (χ3n) is 4.44. The second-order valence-electron chi connectivity index (χ2n) is 6.61. The van der Waals surface area contributed by atoms with E-state index in [1.165, 1.54) is 16.8 Å². The number of carbonyl (C=O) groups is 2. The lowest BCUT2D eigenvalue weighted by Gasteiger charge is -2.14. The Morgan fingerprint density at radius 3 is 2.43 bits per heavy atom. The molecule has 10 heteroatoms. The highest BCUT2D eigenvalue weighted by Crippen LogP contribution is 2.41. The van der Waals surface area contributed by atoms with Crippen LogP contribution < -0.4 is 15.7 Å². The quantitative estimate of drug-likeness (QED) is 0.765. The summed E-state index contributed by atoms with van der Waals surface area (Å²) in [6.45, 7) is 0. The van der Waals surface area contributed by atoms with E-state index in [0.29, 0.717) is 11.1 Å². The average Bonchev–Trinajstić information content (AvgIpc) is 3.45. The fourth-order valence-corrected chi connectivity index (χ4v) is 3.48. The fourth-order valence-electron chi connectivity index (χ4n) is 2.91. The van der Waals surface area contributed by atoms with E-state index in [0.717, 1.165) is 12.8 Å². The van der Waals surface area contributed by atoms with Crippen molar-refractivity contribution in [1.29, 1.82) is 0 Å². The minimum Gasteiger partial charge on any atom is -0.434 e. The van der Waals surface area contributed by atoms with Gasteiger partial charge in [0.15, 0.2) is 11.5 Å². The molecule has 0 radical (unpaired) electrons. The highest BCUT2D eigenvalue weighted by Gasteiger charge is 2.28. The number of hydrazone groups is 1. The maximum Gasteiger partial charge on any atom is 0.270 e. The first-order valence-electron chi connectivity index (χ1n) is 8.48. The predicted octanol–water partition coefficient (Wildman–Crippen LogP) is 2.55. The van der Waals surface area contributed by atoms with Crippen molar-refractivity contribution >= 4 is 40.6 Å². The number of rotatable bonds is 4. The number of hydrogen-bond donors (Lipinski definition) is 1. The van der Waals surface area contributed by atoms with E-state index >= 15 is 0 Å². The number of carbonyl (C=O) groups excluding carboxylic acids is 2. The fraction of sp³-hybridized carbons (Fsp3) is 0.278. The molecule has 2 aliphatic rings. The number of aromatic nitrogens is 2. The second kappa shape index (κ2) is 7.03. The average molecular weight is 421 g/mol. The molecule has 28 heavy (non-hydrogen) atoms. The number of Topliss-reactive ketones (excluding diaryl/α,β-unsaturated/α-hetero) is 1. The van der Waals surface area contributed by atoms with Crippen LogP contribution in [0.15, 0.2) is 28.1 Å². The van der Waals surface area contributed by atoms with E-state index in [4.69, 9.17) is 27.9 Å². The summed E-state index contributed by atoms with van der Waals surface area (Å²) >= 11 is 12.6. The first-order chi connectivity index (χ1) is 13.3. The van der Waals surface area contributed by atoms with E-state index in [9.17, 15) is 14.4 Å². The van der Waals surface area contributed by atoms with Gasteiger partial charge in [-0.05, 0) is 30.9 Å². The number of halogens is 2. The summed E-state index contributed by atoms with van der Waals surface area (Å²) < 4.78 is 6.97. The van der Waals surface area contributed by atoms with Crippen LogP contribution in [0.2, 0.25) is 10.0 Å². The van der Waals surface area contributed by atoms with Crippen molar-refractivity contribution in [2.24, 2.45) is 12.1 Å². The van der Waals surface area contributed by atoms with Crippen LogP contribution in [0.25, 0.3) is 0 Å². The molecular weight excluding hydrogens is 407 g/mol. The Morgan fingerprint density at radius 2 is 1.82 bits per heavy atom. The molecule has 0 saturated heterocycles. The van der Waals surface area contributed by atoms with Crippen molar-refractivity contribution in [2.45, 2.75) is 25.2 Å². The molecule has 1 N–H and O–H groups in total. The molecule has 0 atom stereocenters. The van der Waals surface area contributed by atoms with Gasteiger partial charge in [0.25, 0.3) is 5.56 Å². The first kappa shape index (κ1) is 18.6. The van der Waals surface area contributed by atoms with Crippen molar-refractivity contribution in [3.8, 4) is 11.6 Å². The molecule has 2 aromatic rings. The van der Waals surface area contributed by atoms with Gasteiger partial charge in [-0.3, -0.25) is 14.4 Å². The van der Waals surface area contributed by atoms with Gasteiger partial charge in [-0.15, -0.1) is 5.10 Å². The number of ketones is 1. The van der Waals surface area contributed by atoms with Crippen LogP contribution in [-0.4, -0.2) is 27.2 Å². The Kier molecular flexibility index (Phi) is 4.68. The Bertz CT molecular complexity index is 1080. The molecule has 144 valence electrons. The van der Waals surface area contributed by atoms with Crippen LogP contribution in [0.5, 0.6) is 11.6 Å². The zero-order valence-corrected chi connectivity index (χ0v) is 16.2. The lowest BCUT2D eigenvalue weighted by Crippen LogP contribution is -2.33. The molecule has 1 aliphatic heterocycles. The molecule has 0 unspecified atom stereocenters. The molecule has 1 saturated carbocycles. The molecule has 0 spiro atoms. The van der Waals surface area contributed by atoms with Crippen LogP contribution in [-0.2, 0) is 16.6 Å². The number of nitrogens with one attached hydrogen (secondary N) is 1. The Hall–Kier alpha value is -2.71.